The van der Waals surface area contributed by atoms with Crippen molar-refractivity contribution < 1.29 is 4.79 Å². The molecule has 3 nitrogen and oxygen atoms in total. The fraction of sp³-hybridized carbons (Fsp3) is 0.933. The van der Waals surface area contributed by atoms with Crippen molar-refractivity contribution in [2.75, 3.05) is 6.54 Å². The molecule has 0 aromatic carbocycles. The number of hydrogen-bond acceptors (Lipinski definition) is 2. The lowest BCUT2D eigenvalue weighted by Crippen LogP contribution is -2.43. The van der Waals surface area contributed by atoms with Crippen LogP contribution in [0.2, 0.25) is 0 Å². The molecule has 0 spiro atoms. The van der Waals surface area contributed by atoms with Crippen molar-refractivity contribution in [3.05, 3.63) is 0 Å². The van der Waals surface area contributed by atoms with Gasteiger partial charge in [0.15, 0.2) is 0 Å². The molecule has 0 saturated carbocycles. The highest BCUT2D eigenvalue weighted by Crippen LogP contribution is 2.27. The van der Waals surface area contributed by atoms with Crippen LogP contribution in [-0.4, -0.2) is 29.6 Å². The van der Waals surface area contributed by atoms with E-state index < -0.39 is 0 Å². The Morgan fingerprint density at radius 1 is 1.33 bits per heavy atom. The summed E-state index contributed by atoms with van der Waals surface area (Å²) in [5.74, 6) is 0.905. The van der Waals surface area contributed by atoms with Gasteiger partial charge >= 0.3 is 0 Å². The summed E-state index contributed by atoms with van der Waals surface area (Å²) in [6.45, 7) is 14.1. The van der Waals surface area contributed by atoms with E-state index in [0.717, 1.165) is 25.8 Å². The molecule has 0 radical (unpaired) electrons. The molecule has 18 heavy (non-hydrogen) atoms. The highest BCUT2D eigenvalue weighted by atomic mass is 16.2. The zero-order valence-corrected chi connectivity index (χ0v) is 12.9. The Kier molecular flexibility index (Phi) is 5.20. The largest absolute Gasteiger partial charge is 0.325 e. The molecule has 1 rings (SSSR count). The van der Waals surface area contributed by atoms with Crippen LogP contribution in [0.5, 0.6) is 0 Å². The van der Waals surface area contributed by atoms with E-state index in [9.17, 15) is 4.79 Å². The molecule has 0 aromatic heterocycles. The molecule has 2 atom stereocenters. The third-order valence-corrected chi connectivity index (χ3v) is 4.01. The lowest BCUT2D eigenvalue weighted by atomic mass is 9.89. The number of nitrogens with one attached hydrogen (secondary N) is 1. The zero-order valence-electron chi connectivity index (χ0n) is 12.9. The lowest BCUT2D eigenvalue weighted by Gasteiger charge is -2.33. The van der Waals surface area contributed by atoms with Crippen molar-refractivity contribution in [1.82, 2.24) is 10.2 Å². The molecular weight excluding hydrogens is 224 g/mol. The number of hydrogen-bond donors (Lipinski definition) is 1. The molecule has 1 aliphatic rings. The van der Waals surface area contributed by atoms with Gasteiger partial charge in [0, 0.05) is 6.54 Å². The molecule has 1 fully saturated rings. The fourth-order valence-corrected chi connectivity index (χ4v) is 2.44. The monoisotopic (exact) mass is 254 g/mol. The zero-order chi connectivity index (χ0) is 13.9. The quantitative estimate of drug-likeness (QED) is 0.790. The molecule has 1 heterocycles. The van der Waals surface area contributed by atoms with Gasteiger partial charge in [-0.1, -0.05) is 41.5 Å². The van der Waals surface area contributed by atoms with Gasteiger partial charge in [-0.15, -0.1) is 0 Å². The Labute approximate surface area is 112 Å². The first-order valence-corrected chi connectivity index (χ1v) is 7.37. The van der Waals surface area contributed by atoms with E-state index in [2.05, 4.69) is 51.8 Å². The lowest BCUT2D eigenvalue weighted by molar-refractivity contribution is -0.131. The second kappa shape index (κ2) is 6.05. The highest BCUT2D eigenvalue weighted by Gasteiger charge is 2.39. The van der Waals surface area contributed by atoms with Crippen molar-refractivity contribution in [3.8, 4) is 0 Å². The molecular formula is C15H30N2O. The van der Waals surface area contributed by atoms with E-state index in [0.29, 0.717) is 11.8 Å². The minimum absolute atomic E-state index is 0.0291. The maximum atomic E-state index is 12.4. The van der Waals surface area contributed by atoms with Gasteiger partial charge in [-0.2, -0.15) is 0 Å². The van der Waals surface area contributed by atoms with Crippen LogP contribution in [0, 0.1) is 11.3 Å². The average Bonchev–Trinajstić information content (AvgIpc) is 2.56. The molecule has 0 bridgehead atoms. The third-order valence-electron chi connectivity index (χ3n) is 4.01. The normalized spacial score (nSPS) is 25.3. The molecule has 0 aliphatic carbocycles. The average molecular weight is 254 g/mol. The van der Waals surface area contributed by atoms with Crippen LogP contribution in [0.1, 0.15) is 60.8 Å². The molecule has 0 aromatic rings. The highest BCUT2D eigenvalue weighted by molar-refractivity contribution is 5.84. The summed E-state index contributed by atoms with van der Waals surface area (Å²) in [7, 11) is 0. The van der Waals surface area contributed by atoms with Crippen LogP contribution in [0.3, 0.4) is 0 Å². The summed E-state index contributed by atoms with van der Waals surface area (Å²) in [6.07, 6.45) is 3.26. The maximum Gasteiger partial charge on any atom is 0.241 e. The third kappa shape index (κ3) is 3.71. The van der Waals surface area contributed by atoms with Crippen molar-refractivity contribution >= 4 is 5.91 Å². The van der Waals surface area contributed by atoms with Gasteiger partial charge in [0.25, 0.3) is 0 Å². The van der Waals surface area contributed by atoms with E-state index in [1.54, 1.807) is 0 Å². The van der Waals surface area contributed by atoms with Gasteiger partial charge in [0.2, 0.25) is 5.91 Å². The standard InChI is InChI=1S/C15H30N2O/c1-7-12-14(18)17(10-15(5,6)8-2)13(16-12)9-11(3)4/h11-13,16H,7-10H2,1-6H3. The number of carbonyl (C=O) groups is 1. The summed E-state index contributed by atoms with van der Waals surface area (Å²) < 4.78 is 0. The predicted octanol–water partition coefficient (Wildman–Crippen LogP) is 3.01. The number of nitrogens with zero attached hydrogens (tertiary/aromatic N) is 1. The summed E-state index contributed by atoms with van der Waals surface area (Å²) in [5.41, 5.74) is 0.204. The van der Waals surface area contributed by atoms with E-state index in [-0.39, 0.29) is 17.6 Å². The van der Waals surface area contributed by atoms with Crippen molar-refractivity contribution in [2.45, 2.75) is 73.0 Å². The van der Waals surface area contributed by atoms with E-state index in [1.165, 1.54) is 0 Å². The first kappa shape index (κ1) is 15.5. The van der Waals surface area contributed by atoms with Crippen molar-refractivity contribution in [2.24, 2.45) is 11.3 Å². The minimum atomic E-state index is 0.0291. The molecule has 1 N–H and O–H groups in total. The maximum absolute atomic E-state index is 12.4. The predicted molar refractivity (Wildman–Crippen MR) is 76.2 cm³/mol. The van der Waals surface area contributed by atoms with Gasteiger partial charge in [0.1, 0.15) is 0 Å². The summed E-state index contributed by atoms with van der Waals surface area (Å²) >= 11 is 0. The minimum Gasteiger partial charge on any atom is -0.325 e. The number of amides is 1. The Balaban J connectivity index is 2.78. The Hall–Kier alpha value is -0.570. The van der Waals surface area contributed by atoms with Crippen molar-refractivity contribution in [1.29, 1.82) is 0 Å². The Morgan fingerprint density at radius 2 is 1.94 bits per heavy atom. The summed E-state index contributed by atoms with van der Waals surface area (Å²) in [5, 5.41) is 3.49. The van der Waals surface area contributed by atoms with Gasteiger partial charge < -0.3 is 4.90 Å². The Bertz CT molecular complexity index is 286. The number of carbonyl (C=O) groups excluding carboxylic acids is 1. The molecule has 1 amide bonds. The smallest absolute Gasteiger partial charge is 0.241 e. The Morgan fingerprint density at radius 3 is 2.39 bits per heavy atom. The van der Waals surface area contributed by atoms with Gasteiger partial charge in [-0.25, -0.2) is 0 Å². The van der Waals surface area contributed by atoms with Gasteiger partial charge in [-0.05, 0) is 30.6 Å². The van der Waals surface area contributed by atoms with E-state index in [4.69, 9.17) is 0 Å². The topological polar surface area (TPSA) is 32.3 Å². The molecule has 1 saturated heterocycles. The molecule has 106 valence electrons. The van der Waals surface area contributed by atoms with E-state index in [1.807, 2.05) is 0 Å². The van der Waals surface area contributed by atoms with E-state index >= 15 is 0 Å². The number of rotatable bonds is 6. The van der Waals surface area contributed by atoms with Crippen LogP contribution < -0.4 is 5.32 Å². The summed E-state index contributed by atoms with van der Waals surface area (Å²) in [4.78, 5) is 14.5. The second-order valence-electron chi connectivity index (χ2n) is 6.76. The van der Waals surface area contributed by atoms with Crippen LogP contribution in [0.25, 0.3) is 0 Å². The second-order valence-corrected chi connectivity index (χ2v) is 6.76. The SMILES string of the molecule is CCC1NC(CC(C)C)N(CC(C)(C)CC)C1=O. The van der Waals surface area contributed by atoms with Gasteiger partial charge in [0.05, 0.1) is 12.2 Å². The van der Waals surface area contributed by atoms with Gasteiger partial charge in [-0.3, -0.25) is 10.1 Å². The van der Waals surface area contributed by atoms with Crippen LogP contribution in [-0.2, 0) is 4.79 Å². The van der Waals surface area contributed by atoms with Crippen molar-refractivity contribution in [3.63, 3.8) is 0 Å². The fourth-order valence-electron chi connectivity index (χ4n) is 2.44. The molecule has 3 heteroatoms. The first-order valence-electron chi connectivity index (χ1n) is 7.37. The van der Waals surface area contributed by atoms with Crippen LogP contribution in [0.4, 0.5) is 0 Å². The summed E-state index contributed by atoms with van der Waals surface area (Å²) in [6, 6.07) is 0.0291. The molecule has 2 unspecified atom stereocenters. The molecule has 1 aliphatic heterocycles. The van der Waals surface area contributed by atoms with Crippen LogP contribution in [0.15, 0.2) is 0 Å². The van der Waals surface area contributed by atoms with Crippen LogP contribution >= 0.6 is 0 Å². The first-order chi connectivity index (χ1) is 8.30.